The third-order valence-electron chi connectivity index (χ3n) is 3.14. The van der Waals surface area contributed by atoms with Crippen molar-refractivity contribution in [3.05, 3.63) is 83.6 Å². The van der Waals surface area contributed by atoms with Gasteiger partial charge in [-0.1, -0.05) is 60.7 Å². The quantitative estimate of drug-likeness (QED) is 0.240. The van der Waals surface area contributed by atoms with Crippen LogP contribution in [0.4, 0.5) is 22.0 Å². The maximum Gasteiger partial charge on any atom is 1.00 e. The Morgan fingerprint density at radius 3 is 1.67 bits per heavy atom. The van der Waals surface area contributed by atoms with E-state index in [1.165, 1.54) is 0 Å². The summed E-state index contributed by atoms with van der Waals surface area (Å²) >= 11 is 0. The van der Waals surface area contributed by atoms with Gasteiger partial charge in [-0.3, -0.25) is 0 Å². The van der Waals surface area contributed by atoms with Crippen LogP contribution in [0.3, 0.4) is 0 Å². The molecule has 0 atom stereocenters. The van der Waals surface area contributed by atoms with E-state index in [1.54, 1.807) is 60.7 Å². The van der Waals surface area contributed by atoms with E-state index in [0.29, 0.717) is 11.1 Å². The third-order valence-corrected chi connectivity index (χ3v) is 3.14. The average Bonchev–Trinajstić information content (AvgIpc) is 2.61. The summed E-state index contributed by atoms with van der Waals surface area (Å²) in [6, 6.07) is 16.8. The van der Waals surface area contributed by atoms with Gasteiger partial charge in [0.15, 0.2) is 0 Å². The molecule has 0 heterocycles. The maximum absolute atomic E-state index is 13.0. The van der Waals surface area contributed by atoms with Gasteiger partial charge in [0.25, 0.3) is 6.43 Å². The first-order valence-electron chi connectivity index (χ1n) is 7.29. The molecule has 0 aromatic heterocycles. The molecule has 0 unspecified atom stereocenters. The van der Waals surface area contributed by atoms with Crippen molar-refractivity contribution in [1.82, 2.24) is 0 Å². The van der Waals surface area contributed by atoms with Crippen molar-refractivity contribution in [2.75, 3.05) is 0 Å². The van der Waals surface area contributed by atoms with Gasteiger partial charge in [-0.05, 0) is 11.8 Å². The second-order valence-corrected chi connectivity index (χ2v) is 5.01. The van der Waals surface area contributed by atoms with E-state index < -0.39 is 24.1 Å². The summed E-state index contributed by atoms with van der Waals surface area (Å²) in [6.07, 6.45) is -8.90. The van der Waals surface area contributed by atoms with E-state index >= 15 is 0 Å². The van der Waals surface area contributed by atoms with E-state index in [2.05, 4.69) is 10.2 Å². The summed E-state index contributed by atoms with van der Waals surface area (Å²) in [6.45, 7) is 0. The molecule has 0 aliphatic rings. The molecule has 0 amide bonds. The van der Waals surface area contributed by atoms with Crippen molar-refractivity contribution in [3.8, 4) is 0 Å². The standard InChI is InChI=1S/C18H13F5N2O.K/c19-17(20)14(11-15(26)18(21,22)23)24-25-16(12-7-3-1-4-8-12)13-9-5-2-6-10-13;/h1-11,17,26H;/q;+1/p-1. The zero-order valence-electron chi connectivity index (χ0n) is 14.1. The number of halogens is 5. The predicted octanol–water partition coefficient (Wildman–Crippen LogP) is 0.956. The number of nitrogens with zero attached hydrogens (tertiary/aromatic N) is 2. The SMILES string of the molecule is [K+].[O-]C(=CC(=NN=C(c1ccccc1)c1ccccc1)C(F)F)C(F)(F)F. The number of allylic oxidation sites excluding steroid dienone is 2. The molecule has 0 aliphatic heterocycles. The van der Waals surface area contributed by atoms with E-state index in [-0.39, 0.29) is 63.2 Å². The van der Waals surface area contributed by atoms with Crippen molar-refractivity contribution in [3.63, 3.8) is 0 Å². The van der Waals surface area contributed by atoms with E-state index in [9.17, 15) is 27.1 Å². The topological polar surface area (TPSA) is 47.8 Å². The minimum atomic E-state index is -5.26. The molecule has 2 aromatic carbocycles. The van der Waals surface area contributed by atoms with Gasteiger partial charge in [0.05, 0.1) is 0 Å². The molecule has 0 radical (unpaired) electrons. The number of alkyl halides is 5. The fourth-order valence-electron chi connectivity index (χ4n) is 1.93. The molecule has 0 spiro atoms. The first-order chi connectivity index (χ1) is 12.3. The van der Waals surface area contributed by atoms with Crippen LogP contribution in [0.1, 0.15) is 11.1 Å². The summed E-state index contributed by atoms with van der Waals surface area (Å²) in [4.78, 5) is 0. The van der Waals surface area contributed by atoms with Crippen LogP contribution in [0.25, 0.3) is 0 Å². The fraction of sp³-hybridized carbons (Fsp3) is 0.111. The minimum Gasteiger partial charge on any atom is -0.869 e. The van der Waals surface area contributed by atoms with Crippen LogP contribution in [0, 0.1) is 0 Å². The Morgan fingerprint density at radius 1 is 0.852 bits per heavy atom. The maximum atomic E-state index is 13.0. The van der Waals surface area contributed by atoms with Crippen molar-refractivity contribution < 1.29 is 78.4 Å². The van der Waals surface area contributed by atoms with Gasteiger partial charge in [-0.25, -0.2) is 8.78 Å². The Morgan fingerprint density at radius 2 is 1.30 bits per heavy atom. The van der Waals surface area contributed by atoms with Gasteiger partial charge in [-0.15, -0.1) is 10.2 Å². The predicted molar refractivity (Wildman–Crippen MR) is 86.1 cm³/mol. The van der Waals surface area contributed by atoms with Crippen molar-refractivity contribution in [2.24, 2.45) is 10.2 Å². The van der Waals surface area contributed by atoms with Crippen LogP contribution >= 0.6 is 0 Å². The van der Waals surface area contributed by atoms with Crippen molar-refractivity contribution >= 4 is 11.4 Å². The van der Waals surface area contributed by atoms with Gasteiger partial charge in [0.1, 0.15) is 11.4 Å². The number of benzene rings is 2. The molecule has 3 nitrogen and oxygen atoms in total. The molecule has 27 heavy (non-hydrogen) atoms. The smallest absolute Gasteiger partial charge is 0.869 e. The second kappa shape index (κ2) is 10.8. The van der Waals surface area contributed by atoms with Gasteiger partial charge in [0.2, 0.25) is 0 Å². The molecular formula is C18H12F5KN2O. The Bertz CT molecular complexity index is 777. The minimum absolute atomic E-state index is 0. The molecule has 2 rings (SSSR count). The Balaban J connectivity index is 0.00000364. The average molecular weight is 406 g/mol. The molecule has 0 fully saturated rings. The zero-order valence-corrected chi connectivity index (χ0v) is 17.2. The monoisotopic (exact) mass is 406 g/mol. The molecule has 0 aliphatic carbocycles. The summed E-state index contributed by atoms with van der Waals surface area (Å²) in [5.74, 6) is -2.42. The molecule has 0 N–H and O–H groups in total. The van der Waals surface area contributed by atoms with Gasteiger partial charge in [0, 0.05) is 11.1 Å². The largest absolute Gasteiger partial charge is 1.00 e. The van der Waals surface area contributed by atoms with Crippen LogP contribution < -0.4 is 56.5 Å². The number of hydrogen-bond acceptors (Lipinski definition) is 3. The van der Waals surface area contributed by atoms with Crippen molar-refractivity contribution in [1.29, 1.82) is 0 Å². The normalized spacial score (nSPS) is 12.5. The van der Waals surface area contributed by atoms with Gasteiger partial charge < -0.3 is 5.11 Å². The molecule has 0 saturated heterocycles. The first kappa shape index (κ1) is 23.6. The Labute approximate surface area is 194 Å². The summed E-state index contributed by atoms with van der Waals surface area (Å²) in [5, 5.41) is 17.8. The molecule has 136 valence electrons. The van der Waals surface area contributed by atoms with Crippen molar-refractivity contribution in [2.45, 2.75) is 12.6 Å². The fourth-order valence-corrected chi connectivity index (χ4v) is 1.93. The summed E-state index contributed by atoms with van der Waals surface area (Å²) < 4.78 is 62.8. The number of hydrogen-bond donors (Lipinski definition) is 0. The van der Waals surface area contributed by atoms with Gasteiger partial charge in [-0.2, -0.15) is 13.2 Å². The summed E-state index contributed by atoms with van der Waals surface area (Å²) in [5.41, 5.74) is -0.134. The molecule has 0 bridgehead atoms. The van der Waals surface area contributed by atoms with Crippen LogP contribution in [0.15, 0.2) is 82.7 Å². The molecule has 0 saturated carbocycles. The zero-order chi connectivity index (χ0) is 19.2. The Hall–Kier alpha value is -1.39. The van der Waals surface area contributed by atoms with Gasteiger partial charge >= 0.3 is 57.6 Å². The van der Waals surface area contributed by atoms with E-state index in [1.807, 2.05) is 0 Å². The molecule has 2 aromatic rings. The van der Waals surface area contributed by atoms with Crippen LogP contribution in [-0.4, -0.2) is 24.0 Å². The second-order valence-electron chi connectivity index (χ2n) is 5.01. The molecular weight excluding hydrogens is 394 g/mol. The van der Waals surface area contributed by atoms with Crippen LogP contribution in [-0.2, 0) is 0 Å². The van der Waals surface area contributed by atoms with E-state index in [4.69, 9.17) is 0 Å². The van der Waals surface area contributed by atoms with Crippen LogP contribution in [0.2, 0.25) is 0 Å². The Kier molecular flexibility index (Phi) is 9.47. The van der Waals surface area contributed by atoms with E-state index in [0.717, 1.165) is 0 Å². The molecule has 9 heteroatoms. The van der Waals surface area contributed by atoms with Crippen LogP contribution in [0.5, 0.6) is 0 Å². The number of rotatable bonds is 5. The third kappa shape index (κ3) is 7.26. The first-order valence-corrected chi connectivity index (χ1v) is 7.29. The summed E-state index contributed by atoms with van der Waals surface area (Å²) in [7, 11) is 0.